The van der Waals surface area contributed by atoms with Crippen molar-refractivity contribution in [1.29, 1.82) is 0 Å². The third-order valence-corrected chi connectivity index (χ3v) is 6.19. The summed E-state index contributed by atoms with van der Waals surface area (Å²) in [5.74, 6) is 0. The number of hydrogen-bond donors (Lipinski definition) is 0. The van der Waals surface area contributed by atoms with Gasteiger partial charge in [-0.05, 0) is 51.9 Å². The maximum atomic E-state index is 4.03. The van der Waals surface area contributed by atoms with E-state index in [1.807, 2.05) is 0 Å². The van der Waals surface area contributed by atoms with Gasteiger partial charge in [-0.1, -0.05) is 5.70 Å². The molecule has 0 aromatic heterocycles. The minimum atomic E-state index is -0.887. The Bertz CT molecular complexity index is 156. The first kappa shape index (κ1) is 9.43. The molecule has 2 aliphatic rings. The van der Waals surface area contributed by atoms with Gasteiger partial charge in [0.15, 0.2) is 0 Å². The molecule has 0 aromatic rings. The molecule has 0 N–H and O–H groups in total. The lowest BCUT2D eigenvalue weighted by Crippen LogP contribution is -2.49. The molecule has 0 atom stereocenters. The molecule has 0 aliphatic carbocycles. The van der Waals surface area contributed by atoms with Crippen LogP contribution >= 0.6 is 0 Å². The molecule has 0 saturated carbocycles. The molecule has 74 valence electrons. The van der Waals surface area contributed by atoms with Crippen LogP contribution in [0.2, 0.25) is 0 Å². The maximum absolute atomic E-state index is 4.03. The van der Waals surface area contributed by atoms with Gasteiger partial charge in [0.05, 0.1) is 0 Å². The SMILES string of the molecule is C=C[SiH](N1CCCC1)N1CCCC1. The Morgan fingerprint density at radius 3 is 1.54 bits per heavy atom. The van der Waals surface area contributed by atoms with Crippen LogP contribution in [0.5, 0.6) is 0 Å². The van der Waals surface area contributed by atoms with E-state index in [2.05, 4.69) is 21.4 Å². The molecule has 0 radical (unpaired) electrons. The van der Waals surface area contributed by atoms with E-state index in [4.69, 9.17) is 0 Å². The van der Waals surface area contributed by atoms with Crippen LogP contribution in [0.1, 0.15) is 25.7 Å². The molecule has 0 spiro atoms. The highest BCUT2D eigenvalue weighted by Crippen LogP contribution is 2.17. The maximum Gasteiger partial charge on any atom is 0.215 e. The number of hydrogen-bond acceptors (Lipinski definition) is 2. The molecular weight excluding hydrogens is 176 g/mol. The summed E-state index contributed by atoms with van der Waals surface area (Å²) in [5.41, 5.74) is 2.26. The Morgan fingerprint density at radius 2 is 1.23 bits per heavy atom. The molecule has 2 rings (SSSR count). The lowest BCUT2D eigenvalue weighted by molar-refractivity contribution is 0.435. The summed E-state index contributed by atoms with van der Waals surface area (Å²) >= 11 is 0. The molecule has 3 heteroatoms. The smallest absolute Gasteiger partial charge is 0.215 e. The van der Waals surface area contributed by atoms with Crippen LogP contribution < -0.4 is 0 Å². The van der Waals surface area contributed by atoms with Gasteiger partial charge < -0.3 is 9.13 Å². The third-order valence-electron chi connectivity index (χ3n) is 3.24. The largest absolute Gasteiger partial charge is 0.311 e. The second-order valence-electron chi connectivity index (χ2n) is 4.14. The lowest BCUT2D eigenvalue weighted by atomic mass is 10.4. The molecule has 0 aromatic carbocycles. The van der Waals surface area contributed by atoms with Crippen LogP contribution in [0.15, 0.2) is 12.3 Å². The van der Waals surface area contributed by atoms with Crippen molar-refractivity contribution in [2.75, 3.05) is 26.2 Å². The van der Waals surface area contributed by atoms with E-state index in [-0.39, 0.29) is 0 Å². The monoisotopic (exact) mass is 196 g/mol. The van der Waals surface area contributed by atoms with Gasteiger partial charge in [0, 0.05) is 0 Å². The van der Waals surface area contributed by atoms with E-state index in [1.54, 1.807) is 0 Å². The van der Waals surface area contributed by atoms with E-state index < -0.39 is 9.12 Å². The van der Waals surface area contributed by atoms with Crippen LogP contribution in [0.3, 0.4) is 0 Å². The fourth-order valence-electron chi connectivity index (χ4n) is 2.54. The highest BCUT2D eigenvalue weighted by Gasteiger charge is 2.28. The highest BCUT2D eigenvalue weighted by atomic mass is 28.3. The minimum Gasteiger partial charge on any atom is -0.311 e. The second kappa shape index (κ2) is 4.40. The van der Waals surface area contributed by atoms with Gasteiger partial charge in [-0.25, -0.2) is 0 Å². The Hall–Kier alpha value is -0.123. The quantitative estimate of drug-likeness (QED) is 0.624. The van der Waals surface area contributed by atoms with E-state index in [9.17, 15) is 0 Å². The predicted octanol–water partition coefficient (Wildman–Crippen LogP) is 1.12. The van der Waals surface area contributed by atoms with Crippen molar-refractivity contribution in [3.8, 4) is 0 Å². The van der Waals surface area contributed by atoms with Crippen molar-refractivity contribution in [3.63, 3.8) is 0 Å². The number of rotatable bonds is 3. The van der Waals surface area contributed by atoms with Crippen molar-refractivity contribution in [2.45, 2.75) is 25.7 Å². The summed E-state index contributed by atoms with van der Waals surface area (Å²) in [6.07, 6.45) is 5.63. The summed E-state index contributed by atoms with van der Waals surface area (Å²) < 4.78 is 5.41. The highest BCUT2D eigenvalue weighted by molar-refractivity contribution is 6.58. The fraction of sp³-hybridized carbons (Fsp3) is 0.800. The molecule has 2 aliphatic heterocycles. The zero-order chi connectivity index (χ0) is 9.10. The Labute approximate surface area is 83.0 Å². The summed E-state index contributed by atoms with van der Waals surface area (Å²) in [4.78, 5) is 0. The van der Waals surface area contributed by atoms with Gasteiger partial charge in [-0.2, -0.15) is 0 Å². The van der Waals surface area contributed by atoms with Crippen molar-refractivity contribution < 1.29 is 0 Å². The average molecular weight is 196 g/mol. The first-order valence-electron chi connectivity index (χ1n) is 5.52. The first-order valence-corrected chi connectivity index (χ1v) is 7.22. The van der Waals surface area contributed by atoms with Crippen LogP contribution in [0, 0.1) is 0 Å². The summed E-state index contributed by atoms with van der Waals surface area (Å²) in [7, 11) is -0.887. The molecule has 0 amide bonds. The van der Waals surface area contributed by atoms with Gasteiger partial charge in [-0.15, -0.1) is 6.58 Å². The van der Waals surface area contributed by atoms with Gasteiger partial charge >= 0.3 is 0 Å². The Balaban J connectivity index is 1.94. The van der Waals surface area contributed by atoms with Gasteiger partial charge in [0.2, 0.25) is 9.12 Å². The minimum absolute atomic E-state index is 0.887. The third kappa shape index (κ3) is 2.03. The normalized spacial score (nSPS) is 25.9. The van der Waals surface area contributed by atoms with E-state index in [1.165, 1.54) is 51.9 Å². The Kier molecular flexibility index (Phi) is 3.19. The average Bonchev–Trinajstić information content (AvgIpc) is 2.76. The lowest BCUT2D eigenvalue weighted by Gasteiger charge is -2.30. The molecule has 2 heterocycles. The van der Waals surface area contributed by atoms with Crippen molar-refractivity contribution in [2.24, 2.45) is 0 Å². The molecule has 2 fully saturated rings. The van der Waals surface area contributed by atoms with Crippen molar-refractivity contribution in [3.05, 3.63) is 12.3 Å². The Morgan fingerprint density at radius 1 is 0.846 bits per heavy atom. The van der Waals surface area contributed by atoms with Crippen molar-refractivity contribution in [1.82, 2.24) is 9.13 Å². The molecule has 2 nitrogen and oxygen atoms in total. The van der Waals surface area contributed by atoms with Crippen LogP contribution in [0.25, 0.3) is 0 Å². The van der Waals surface area contributed by atoms with Gasteiger partial charge in [-0.3, -0.25) is 0 Å². The summed E-state index contributed by atoms with van der Waals surface area (Å²) in [6.45, 7) is 9.36. The van der Waals surface area contributed by atoms with E-state index in [0.717, 1.165) is 0 Å². The van der Waals surface area contributed by atoms with E-state index >= 15 is 0 Å². The molecule has 0 bridgehead atoms. The summed E-state index contributed by atoms with van der Waals surface area (Å²) in [5, 5.41) is 0. The summed E-state index contributed by atoms with van der Waals surface area (Å²) in [6, 6.07) is 0. The van der Waals surface area contributed by atoms with Gasteiger partial charge in [0.1, 0.15) is 0 Å². The van der Waals surface area contributed by atoms with Crippen LogP contribution in [0.4, 0.5) is 0 Å². The predicted molar refractivity (Wildman–Crippen MR) is 59.0 cm³/mol. The molecule has 0 unspecified atom stereocenters. The molecular formula is C10H20N2Si. The second-order valence-corrected chi connectivity index (χ2v) is 6.89. The van der Waals surface area contributed by atoms with Crippen molar-refractivity contribution >= 4 is 9.12 Å². The molecule has 13 heavy (non-hydrogen) atoms. The standard InChI is InChI=1S/C10H20N2Si/c1-2-13(11-7-3-4-8-11)12-9-5-6-10-12/h2,13H,1,3-10H2. The topological polar surface area (TPSA) is 6.48 Å². The fourth-order valence-corrected chi connectivity index (χ4v) is 5.39. The van der Waals surface area contributed by atoms with E-state index in [0.29, 0.717) is 0 Å². The van der Waals surface area contributed by atoms with Crippen LogP contribution in [-0.2, 0) is 0 Å². The zero-order valence-electron chi connectivity index (χ0n) is 8.41. The zero-order valence-corrected chi connectivity index (χ0v) is 9.57. The first-order chi connectivity index (χ1) is 6.42. The number of nitrogens with zero attached hydrogens (tertiary/aromatic N) is 2. The van der Waals surface area contributed by atoms with Gasteiger partial charge in [0.25, 0.3) is 0 Å². The molecule has 2 saturated heterocycles. The van der Waals surface area contributed by atoms with Crippen LogP contribution in [-0.4, -0.2) is 44.4 Å².